The summed E-state index contributed by atoms with van der Waals surface area (Å²) in [5.41, 5.74) is 17.7. The standard InChI is InChI=1S/C27H32N2/c1-3-5-7-15-21-25-24(20-10-6-4-2)26(22-16-11-8-12-17-22)29(28)27(25)23-18-13-9-14-19-23/h8-14,16-20H,3-7,15,21H2,1-2H3/b20-10+. The number of unbranched alkanes of at least 4 members (excludes halogenated alkanes) is 4. The lowest BCUT2D eigenvalue weighted by molar-refractivity contribution is -0.345. The third kappa shape index (κ3) is 5.00. The average molecular weight is 385 g/mol. The molecule has 1 heterocycles. The van der Waals surface area contributed by atoms with Gasteiger partial charge in [0.2, 0.25) is 11.4 Å². The fraction of sp³-hybridized carbons (Fsp3) is 0.333. The van der Waals surface area contributed by atoms with Gasteiger partial charge >= 0.3 is 0 Å². The van der Waals surface area contributed by atoms with E-state index in [1.165, 1.54) is 29.5 Å². The fourth-order valence-electron chi connectivity index (χ4n) is 3.92. The maximum Gasteiger partial charge on any atom is 0.215 e. The molecule has 0 radical (unpaired) electrons. The molecule has 0 bridgehead atoms. The van der Waals surface area contributed by atoms with E-state index in [1.54, 1.807) is 0 Å². The van der Waals surface area contributed by atoms with Crippen LogP contribution < -0.4 is 0 Å². The monoisotopic (exact) mass is 384 g/mol. The molecule has 0 aromatic heterocycles. The Kier molecular flexibility index (Phi) is 7.75. The summed E-state index contributed by atoms with van der Waals surface area (Å²) in [6, 6.07) is 20.5. The molecule has 29 heavy (non-hydrogen) atoms. The molecular formula is C27H32N2. The van der Waals surface area contributed by atoms with Crippen molar-refractivity contribution in [2.75, 3.05) is 0 Å². The van der Waals surface area contributed by atoms with Gasteiger partial charge in [-0.3, -0.25) is 0 Å². The summed E-state index contributed by atoms with van der Waals surface area (Å²) in [5, 5.41) is 0. The van der Waals surface area contributed by atoms with Crippen LogP contribution in [0.4, 0.5) is 0 Å². The molecule has 0 amide bonds. The van der Waals surface area contributed by atoms with Gasteiger partial charge in [0.25, 0.3) is 0 Å². The van der Waals surface area contributed by atoms with Crippen molar-refractivity contribution < 1.29 is 4.70 Å². The lowest BCUT2D eigenvalue weighted by Crippen LogP contribution is -2.02. The summed E-state index contributed by atoms with van der Waals surface area (Å²) >= 11 is 0. The van der Waals surface area contributed by atoms with E-state index < -0.39 is 0 Å². The zero-order valence-corrected chi connectivity index (χ0v) is 17.8. The molecule has 0 N–H and O–H groups in total. The zero-order valence-electron chi connectivity index (χ0n) is 17.8. The molecule has 0 fully saturated rings. The van der Waals surface area contributed by atoms with Gasteiger partial charge in [-0.05, 0) is 43.5 Å². The molecule has 0 spiro atoms. The van der Waals surface area contributed by atoms with Crippen molar-refractivity contribution >= 4 is 11.4 Å². The first kappa shape index (κ1) is 21.0. The average Bonchev–Trinajstić information content (AvgIpc) is 3.04. The van der Waals surface area contributed by atoms with Gasteiger partial charge in [-0.2, -0.15) is 0 Å². The predicted octanol–water partition coefficient (Wildman–Crippen LogP) is 8.18. The molecule has 0 saturated carbocycles. The number of allylic oxidation sites excluding steroid dienone is 4. The lowest BCUT2D eigenvalue weighted by atomic mass is 9.94. The fourth-order valence-corrected chi connectivity index (χ4v) is 3.92. The topological polar surface area (TPSA) is 25.3 Å². The summed E-state index contributed by atoms with van der Waals surface area (Å²) in [6.45, 7) is 4.44. The number of rotatable bonds is 10. The molecule has 2 aromatic carbocycles. The van der Waals surface area contributed by atoms with Crippen LogP contribution in [0, 0.1) is 0 Å². The summed E-state index contributed by atoms with van der Waals surface area (Å²) < 4.78 is 1.42. The highest BCUT2D eigenvalue weighted by atomic mass is 15.2. The maximum atomic E-state index is 11.3. The van der Waals surface area contributed by atoms with Crippen molar-refractivity contribution in [1.29, 1.82) is 0 Å². The van der Waals surface area contributed by atoms with Crippen LogP contribution in [0.25, 0.3) is 16.9 Å². The van der Waals surface area contributed by atoms with Gasteiger partial charge in [0, 0.05) is 16.7 Å². The van der Waals surface area contributed by atoms with Crippen LogP contribution >= 0.6 is 0 Å². The molecule has 1 aliphatic heterocycles. The summed E-state index contributed by atoms with van der Waals surface area (Å²) in [7, 11) is 0. The highest BCUT2D eigenvalue weighted by Gasteiger charge is 2.34. The van der Waals surface area contributed by atoms with Crippen molar-refractivity contribution in [3.63, 3.8) is 0 Å². The van der Waals surface area contributed by atoms with E-state index in [4.69, 9.17) is 0 Å². The normalized spacial score (nSPS) is 14.5. The van der Waals surface area contributed by atoms with Crippen LogP contribution in [-0.2, 0) is 0 Å². The molecule has 0 unspecified atom stereocenters. The Morgan fingerprint density at radius 1 is 0.759 bits per heavy atom. The number of benzene rings is 2. The first-order chi connectivity index (χ1) is 14.3. The van der Waals surface area contributed by atoms with Gasteiger partial charge in [0.15, 0.2) is 0 Å². The molecule has 2 nitrogen and oxygen atoms in total. The molecule has 2 heteroatoms. The summed E-state index contributed by atoms with van der Waals surface area (Å²) in [4.78, 5) is 0. The van der Waals surface area contributed by atoms with Crippen molar-refractivity contribution in [2.24, 2.45) is 0 Å². The van der Waals surface area contributed by atoms with Gasteiger partial charge in [0.05, 0.1) is 5.57 Å². The molecular weight excluding hydrogens is 352 g/mol. The molecule has 0 aliphatic carbocycles. The van der Waals surface area contributed by atoms with Crippen LogP contribution in [-0.4, -0.2) is 4.70 Å². The Hall–Kier alpha value is -2.74. The zero-order chi connectivity index (χ0) is 20.5. The minimum Gasteiger partial charge on any atom is -0.493 e. The largest absolute Gasteiger partial charge is 0.493 e. The van der Waals surface area contributed by atoms with E-state index in [1.807, 2.05) is 36.4 Å². The Morgan fingerprint density at radius 2 is 1.38 bits per heavy atom. The molecule has 0 saturated heterocycles. The van der Waals surface area contributed by atoms with E-state index in [9.17, 15) is 5.53 Å². The van der Waals surface area contributed by atoms with Gasteiger partial charge < -0.3 is 5.53 Å². The van der Waals surface area contributed by atoms with Crippen molar-refractivity contribution in [2.45, 2.75) is 58.8 Å². The Morgan fingerprint density at radius 3 is 1.97 bits per heavy atom. The Balaban J connectivity index is 2.10. The summed E-state index contributed by atoms with van der Waals surface area (Å²) in [6.07, 6.45) is 12.4. The predicted molar refractivity (Wildman–Crippen MR) is 123 cm³/mol. The minimum absolute atomic E-state index is 0.891. The SMILES string of the molecule is CCC/C=C/C1=C(c2ccccc2)[N+](=[N-])C(c2ccccc2)=C1CCCCCC. The molecule has 1 aliphatic rings. The van der Waals surface area contributed by atoms with Crippen LogP contribution in [0.2, 0.25) is 0 Å². The first-order valence-electron chi connectivity index (χ1n) is 11.0. The molecule has 150 valence electrons. The maximum absolute atomic E-state index is 11.3. The minimum atomic E-state index is 0.891. The van der Waals surface area contributed by atoms with E-state index in [-0.39, 0.29) is 0 Å². The van der Waals surface area contributed by atoms with Crippen molar-refractivity contribution in [3.05, 3.63) is 101 Å². The highest BCUT2D eigenvalue weighted by Crippen LogP contribution is 2.43. The van der Waals surface area contributed by atoms with E-state index >= 15 is 0 Å². The van der Waals surface area contributed by atoms with Gasteiger partial charge in [-0.25, -0.2) is 4.70 Å². The quantitative estimate of drug-likeness (QED) is 0.291. The summed E-state index contributed by atoms with van der Waals surface area (Å²) in [5.74, 6) is 0. The van der Waals surface area contributed by atoms with E-state index in [2.05, 4.69) is 50.3 Å². The molecule has 2 aromatic rings. The van der Waals surface area contributed by atoms with Crippen LogP contribution in [0.15, 0.2) is 84.0 Å². The van der Waals surface area contributed by atoms with Gasteiger partial charge in [-0.1, -0.05) is 88.1 Å². The van der Waals surface area contributed by atoms with E-state index in [0.29, 0.717) is 0 Å². The van der Waals surface area contributed by atoms with Gasteiger partial charge in [0.1, 0.15) is 0 Å². The third-order valence-corrected chi connectivity index (χ3v) is 5.40. The number of nitrogens with zero attached hydrogens (tertiary/aromatic N) is 2. The molecule has 0 atom stereocenters. The van der Waals surface area contributed by atoms with E-state index in [0.717, 1.165) is 53.8 Å². The number of hydrogen-bond acceptors (Lipinski definition) is 0. The van der Waals surface area contributed by atoms with Gasteiger partial charge in [-0.15, -0.1) is 0 Å². The molecule has 3 rings (SSSR count). The first-order valence-corrected chi connectivity index (χ1v) is 11.0. The highest BCUT2D eigenvalue weighted by molar-refractivity contribution is 5.83. The lowest BCUT2D eigenvalue weighted by Gasteiger charge is -2.09. The second-order valence-corrected chi connectivity index (χ2v) is 7.64. The third-order valence-electron chi connectivity index (χ3n) is 5.40. The number of hydrogen-bond donors (Lipinski definition) is 0. The second kappa shape index (κ2) is 10.7. The Bertz CT molecular complexity index is 902. The second-order valence-electron chi connectivity index (χ2n) is 7.64. The van der Waals surface area contributed by atoms with Crippen molar-refractivity contribution in [3.8, 4) is 0 Å². The van der Waals surface area contributed by atoms with Crippen LogP contribution in [0.5, 0.6) is 0 Å². The van der Waals surface area contributed by atoms with Crippen LogP contribution in [0.1, 0.15) is 69.9 Å². The van der Waals surface area contributed by atoms with Crippen LogP contribution in [0.3, 0.4) is 0 Å². The Labute approximate surface area is 175 Å². The van der Waals surface area contributed by atoms with Crippen molar-refractivity contribution in [1.82, 2.24) is 0 Å². The smallest absolute Gasteiger partial charge is 0.215 e.